The molecule has 23 heavy (non-hydrogen) atoms. The maximum atomic E-state index is 13.3. The third-order valence-corrected chi connectivity index (χ3v) is 3.85. The summed E-state index contributed by atoms with van der Waals surface area (Å²) in [4.78, 5) is 2.13. The first-order chi connectivity index (χ1) is 11.3. The quantitative estimate of drug-likeness (QED) is 0.746. The van der Waals surface area contributed by atoms with E-state index in [9.17, 15) is 4.39 Å². The Morgan fingerprint density at radius 1 is 1.09 bits per heavy atom. The van der Waals surface area contributed by atoms with E-state index in [-0.39, 0.29) is 5.82 Å². The molecule has 1 aliphatic rings. The minimum absolute atomic E-state index is 0.212. The van der Waals surface area contributed by atoms with Gasteiger partial charge in [0.15, 0.2) is 0 Å². The van der Waals surface area contributed by atoms with Gasteiger partial charge in [0.2, 0.25) is 0 Å². The van der Waals surface area contributed by atoms with E-state index in [4.69, 9.17) is 4.74 Å². The number of hydrogen-bond donors (Lipinski definition) is 0. The molecule has 0 saturated carbocycles. The van der Waals surface area contributed by atoms with E-state index in [0.717, 1.165) is 29.1 Å². The standard InChI is InChI=1S/C17H15FN4O/c18-15-3-1-2-13(6-15)8-21-9-14-7-16(22-10-19-20-11-22)4-5-17(14)23-12-21/h1-7,10-11H,8-9,12H2. The average Bonchev–Trinajstić information content (AvgIpc) is 3.09. The van der Waals surface area contributed by atoms with Gasteiger partial charge in [0.1, 0.15) is 31.0 Å². The second-order valence-corrected chi connectivity index (χ2v) is 5.55. The molecule has 0 radical (unpaired) electrons. The lowest BCUT2D eigenvalue weighted by Crippen LogP contribution is -2.31. The van der Waals surface area contributed by atoms with Crippen molar-refractivity contribution < 1.29 is 9.13 Å². The van der Waals surface area contributed by atoms with Crippen molar-refractivity contribution in [1.82, 2.24) is 19.7 Å². The number of rotatable bonds is 3. The van der Waals surface area contributed by atoms with Gasteiger partial charge in [-0.1, -0.05) is 12.1 Å². The van der Waals surface area contributed by atoms with E-state index in [0.29, 0.717) is 13.3 Å². The zero-order valence-corrected chi connectivity index (χ0v) is 12.4. The van der Waals surface area contributed by atoms with E-state index in [1.54, 1.807) is 24.8 Å². The lowest BCUT2D eigenvalue weighted by atomic mass is 10.1. The van der Waals surface area contributed by atoms with Gasteiger partial charge in [-0.05, 0) is 35.9 Å². The van der Waals surface area contributed by atoms with Crippen molar-refractivity contribution in [2.24, 2.45) is 0 Å². The summed E-state index contributed by atoms with van der Waals surface area (Å²) in [5, 5.41) is 7.65. The molecule has 0 spiro atoms. The highest BCUT2D eigenvalue weighted by atomic mass is 19.1. The monoisotopic (exact) mass is 310 g/mol. The fraction of sp³-hybridized carbons (Fsp3) is 0.176. The van der Waals surface area contributed by atoms with E-state index < -0.39 is 0 Å². The fourth-order valence-electron chi connectivity index (χ4n) is 2.77. The predicted octanol–water partition coefficient (Wildman–Crippen LogP) is 2.76. The summed E-state index contributed by atoms with van der Waals surface area (Å²) < 4.78 is 21.0. The number of benzene rings is 2. The van der Waals surface area contributed by atoms with Crippen molar-refractivity contribution in [1.29, 1.82) is 0 Å². The van der Waals surface area contributed by atoms with Gasteiger partial charge in [0, 0.05) is 24.3 Å². The van der Waals surface area contributed by atoms with Gasteiger partial charge in [-0.3, -0.25) is 9.47 Å². The normalized spacial score (nSPS) is 14.3. The molecule has 6 heteroatoms. The molecule has 0 aliphatic carbocycles. The van der Waals surface area contributed by atoms with Gasteiger partial charge < -0.3 is 4.74 Å². The van der Waals surface area contributed by atoms with Crippen LogP contribution in [-0.2, 0) is 13.1 Å². The molecule has 116 valence electrons. The van der Waals surface area contributed by atoms with Crippen molar-refractivity contribution >= 4 is 0 Å². The highest BCUT2D eigenvalue weighted by Crippen LogP contribution is 2.28. The highest BCUT2D eigenvalue weighted by molar-refractivity contribution is 5.44. The molecule has 0 bridgehead atoms. The molecule has 3 aromatic rings. The minimum atomic E-state index is -0.212. The first kappa shape index (κ1) is 13.9. The summed E-state index contributed by atoms with van der Waals surface area (Å²) in [7, 11) is 0. The second kappa shape index (κ2) is 5.81. The Labute approximate surface area is 133 Å². The van der Waals surface area contributed by atoms with Crippen LogP contribution in [0.15, 0.2) is 55.1 Å². The first-order valence-electron chi connectivity index (χ1n) is 7.35. The van der Waals surface area contributed by atoms with Crippen molar-refractivity contribution in [3.63, 3.8) is 0 Å². The molecule has 5 nitrogen and oxygen atoms in total. The summed E-state index contributed by atoms with van der Waals surface area (Å²) in [5.41, 5.74) is 3.02. The lowest BCUT2D eigenvalue weighted by Gasteiger charge is -2.29. The molecule has 0 unspecified atom stereocenters. The smallest absolute Gasteiger partial charge is 0.142 e. The molecule has 0 fully saturated rings. The van der Waals surface area contributed by atoms with Crippen LogP contribution in [0.4, 0.5) is 4.39 Å². The summed E-state index contributed by atoms with van der Waals surface area (Å²) in [6.45, 7) is 1.89. The summed E-state index contributed by atoms with van der Waals surface area (Å²) in [6.07, 6.45) is 3.33. The van der Waals surface area contributed by atoms with Crippen LogP contribution in [0.25, 0.3) is 5.69 Å². The number of nitrogens with zero attached hydrogens (tertiary/aromatic N) is 4. The molecule has 4 rings (SSSR count). The molecule has 2 heterocycles. The Balaban J connectivity index is 1.55. The van der Waals surface area contributed by atoms with E-state index in [2.05, 4.69) is 21.2 Å². The zero-order valence-electron chi connectivity index (χ0n) is 12.4. The van der Waals surface area contributed by atoms with Gasteiger partial charge in [-0.25, -0.2) is 4.39 Å². The van der Waals surface area contributed by atoms with Crippen LogP contribution >= 0.6 is 0 Å². The zero-order chi connectivity index (χ0) is 15.6. The van der Waals surface area contributed by atoms with E-state index >= 15 is 0 Å². The maximum absolute atomic E-state index is 13.3. The third-order valence-electron chi connectivity index (χ3n) is 3.85. The fourth-order valence-corrected chi connectivity index (χ4v) is 2.77. The number of fused-ring (bicyclic) bond motifs is 1. The number of hydrogen-bond acceptors (Lipinski definition) is 4. The van der Waals surface area contributed by atoms with Crippen LogP contribution in [0, 0.1) is 5.82 Å². The van der Waals surface area contributed by atoms with Crippen LogP contribution < -0.4 is 4.74 Å². The second-order valence-electron chi connectivity index (χ2n) is 5.55. The lowest BCUT2D eigenvalue weighted by molar-refractivity contribution is 0.0886. The number of ether oxygens (including phenoxy) is 1. The first-order valence-corrected chi connectivity index (χ1v) is 7.35. The molecule has 1 aliphatic heterocycles. The average molecular weight is 310 g/mol. The van der Waals surface area contributed by atoms with Crippen LogP contribution in [-0.4, -0.2) is 26.4 Å². The van der Waals surface area contributed by atoms with E-state index in [1.165, 1.54) is 6.07 Å². The van der Waals surface area contributed by atoms with Gasteiger partial charge >= 0.3 is 0 Å². The van der Waals surface area contributed by atoms with Gasteiger partial charge in [0.05, 0.1) is 0 Å². The number of aromatic nitrogens is 3. The largest absolute Gasteiger partial charge is 0.478 e. The van der Waals surface area contributed by atoms with Crippen molar-refractivity contribution in [3.8, 4) is 11.4 Å². The van der Waals surface area contributed by atoms with Crippen LogP contribution in [0.3, 0.4) is 0 Å². The van der Waals surface area contributed by atoms with Gasteiger partial charge in [-0.15, -0.1) is 10.2 Å². The molecule has 0 saturated heterocycles. The Morgan fingerprint density at radius 2 is 1.96 bits per heavy atom. The molecular weight excluding hydrogens is 295 g/mol. The molecule has 0 amide bonds. The summed E-state index contributed by atoms with van der Waals surface area (Å²) >= 11 is 0. The van der Waals surface area contributed by atoms with E-state index in [1.807, 2.05) is 22.8 Å². The maximum Gasteiger partial charge on any atom is 0.142 e. The Hall–Kier alpha value is -2.73. The minimum Gasteiger partial charge on any atom is -0.478 e. The van der Waals surface area contributed by atoms with Gasteiger partial charge in [-0.2, -0.15) is 0 Å². The highest BCUT2D eigenvalue weighted by Gasteiger charge is 2.18. The van der Waals surface area contributed by atoms with Crippen molar-refractivity contribution in [3.05, 3.63) is 72.1 Å². The third kappa shape index (κ3) is 2.93. The molecule has 0 N–H and O–H groups in total. The summed E-state index contributed by atoms with van der Waals surface area (Å²) in [5.74, 6) is 0.674. The molecule has 0 atom stereocenters. The van der Waals surface area contributed by atoms with Crippen LogP contribution in [0.1, 0.15) is 11.1 Å². The van der Waals surface area contributed by atoms with Gasteiger partial charge in [0.25, 0.3) is 0 Å². The topological polar surface area (TPSA) is 43.2 Å². The Bertz CT molecular complexity index is 819. The molecular formula is C17H15FN4O. The Kier molecular flexibility index (Phi) is 3.51. The predicted molar refractivity (Wildman–Crippen MR) is 82.5 cm³/mol. The van der Waals surface area contributed by atoms with Crippen molar-refractivity contribution in [2.75, 3.05) is 6.73 Å². The molecule has 1 aromatic heterocycles. The Morgan fingerprint density at radius 3 is 2.78 bits per heavy atom. The van der Waals surface area contributed by atoms with Crippen molar-refractivity contribution in [2.45, 2.75) is 13.1 Å². The number of halogens is 1. The molecule has 2 aromatic carbocycles. The SMILES string of the molecule is Fc1cccc(CN2COc3ccc(-n4cnnc4)cc3C2)c1. The van der Waals surface area contributed by atoms with Crippen LogP contribution in [0.5, 0.6) is 5.75 Å². The van der Waals surface area contributed by atoms with Crippen LogP contribution in [0.2, 0.25) is 0 Å². The summed E-state index contributed by atoms with van der Waals surface area (Å²) in [6, 6.07) is 12.7.